The van der Waals surface area contributed by atoms with Crippen LogP contribution in [0.2, 0.25) is 0 Å². The zero-order valence-electron chi connectivity index (χ0n) is 13.9. The summed E-state index contributed by atoms with van der Waals surface area (Å²) in [6.07, 6.45) is 0. The summed E-state index contributed by atoms with van der Waals surface area (Å²) in [6, 6.07) is 9.36. The van der Waals surface area contributed by atoms with Crippen molar-refractivity contribution in [1.82, 2.24) is 4.98 Å². The Kier molecular flexibility index (Phi) is 5.53. The van der Waals surface area contributed by atoms with Crippen molar-refractivity contribution in [3.05, 3.63) is 57.6 Å². The molecule has 5 nitrogen and oxygen atoms in total. The first-order valence-electron chi connectivity index (χ1n) is 7.46. The van der Waals surface area contributed by atoms with Crippen LogP contribution in [-0.2, 0) is 0 Å². The predicted octanol–water partition coefficient (Wildman–Crippen LogP) is 4.98. The van der Waals surface area contributed by atoms with Gasteiger partial charge in [0.15, 0.2) is 16.6 Å². The molecule has 8 heteroatoms. The summed E-state index contributed by atoms with van der Waals surface area (Å²) in [5.74, 6) is 0.434. The first-order chi connectivity index (χ1) is 12.5. The minimum Gasteiger partial charge on any atom is -0.493 e. The Bertz CT molecular complexity index is 961. The number of nitrogens with zero attached hydrogens (tertiary/aromatic N) is 1. The van der Waals surface area contributed by atoms with Crippen molar-refractivity contribution in [1.29, 1.82) is 0 Å². The maximum atomic E-state index is 13.2. The van der Waals surface area contributed by atoms with Gasteiger partial charge in [0.25, 0.3) is 5.91 Å². The van der Waals surface area contributed by atoms with Gasteiger partial charge in [-0.15, -0.1) is 11.3 Å². The van der Waals surface area contributed by atoms with E-state index in [0.717, 1.165) is 5.56 Å². The lowest BCUT2D eigenvalue weighted by Gasteiger charge is -2.08. The third-order valence-corrected chi connectivity index (χ3v) is 4.99. The average Bonchev–Trinajstić information content (AvgIpc) is 3.09. The lowest BCUT2D eigenvalue weighted by molar-refractivity contribution is 0.102. The summed E-state index contributed by atoms with van der Waals surface area (Å²) in [7, 11) is 3.14. The van der Waals surface area contributed by atoms with Crippen LogP contribution in [0.15, 0.2) is 46.3 Å². The van der Waals surface area contributed by atoms with Crippen LogP contribution in [0.3, 0.4) is 0 Å². The molecule has 2 aromatic carbocycles. The highest BCUT2D eigenvalue weighted by molar-refractivity contribution is 9.10. The zero-order chi connectivity index (χ0) is 18.7. The molecule has 3 aromatic rings. The normalized spacial score (nSPS) is 10.5. The number of aromatic nitrogens is 1. The number of thiazole rings is 1. The van der Waals surface area contributed by atoms with Crippen LogP contribution in [0.1, 0.15) is 10.4 Å². The number of ether oxygens (including phenoxy) is 2. The largest absolute Gasteiger partial charge is 0.493 e. The maximum Gasteiger partial charge on any atom is 0.258 e. The van der Waals surface area contributed by atoms with E-state index in [2.05, 4.69) is 26.2 Å². The molecule has 3 rings (SSSR count). The van der Waals surface area contributed by atoms with Crippen molar-refractivity contribution >= 4 is 38.3 Å². The van der Waals surface area contributed by atoms with Gasteiger partial charge < -0.3 is 9.47 Å². The predicted molar refractivity (Wildman–Crippen MR) is 103 cm³/mol. The molecule has 26 heavy (non-hydrogen) atoms. The third kappa shape index (κ3) is 3.86. The topological polar surface area (TPSA) is 60.5 Å². The van der Waals surface area contributed by atoms with Crippen LogP contribution >= 0.6 is 27.3 Å². The van der Waals surface area contributed by atoms with Crippen LogP contribution in [0.5, 0.6) is 11.5 Å². The van der Waals surface area contributed by atoms with Crippen LogP contribution in [0.4, 0.5) is 9.52 Å². The molecule has 1 amide bonds. The number of nitrogens with one attached hydrogen (secondary N) is 1. The lowest BCUT2D eigenvalue weighted by Crippen LogP contribution is -2.12. The van der Waals surface area contributed by atoms with Crippen molar-refractivity contribution in [2.75, 3.05) is 19.5 Å². The van der Waals surface area contributed by atoms with E-state index in [0.29, 0.717) is 32.4 Å². The third-order valence-electron chi connectivity index (χ3n) is 3.58. The van der Waals surface area contributed by atoms with Gasteiger partial charge >= 0.3 is 0 Å². The van der Waals surface area contributed by atoms with Gasteiger partial charge in [0.1, 0.15) is 5.82 Å². The van der Waals surface area contributed by atoms with E-state index in [1.807, 2.05) is 17.5 Å². The van der Waals surface area contributed by atoms with E-state index in [4.69, 9.17) is 9.47 Å². The van der Waals surface area contributed by atoms with Crippen LogP contribution < -0.4 is 14.8 Å². The highest BCUT2D eigenvalue weighted by atomic mass is 79.9. The molecule has 0 saturated carbocycles. The van der Waals surface area contributed by atoms with E-state index < -0.39 is 5.82 Å². The molecular formula is C18H14BrFN2O3S. The van der Waals surface area contributed by atoms with E-state index in [9.17, 15) is 9.18 Å². The maximum absolute atomic E-state index is 13.2. The molecule has 0 aliphatic heterocycles. The second kappa shape index (κ2) is 7.84. The number of carbonyl (C=O) groups excluding carboxylic acids is 1. The first kappa shape index (κ1) is 18.3. The Morgan fingerprint density at radius 1 is 1.15 bits per heavy atom. The van der Waals surface area contributed by atoms with Gasteiger partial charge in [-0.3, -0.25) is 10.1 Å². The molecule has 0 spiro atoms. The Morgan fingerprint density at radius 2 is 1.92 bits per heavy atom. The highest BCUT2D eigenvalue weighted by Crippen LogP contribution is 2.33. The second-order valence-electron chi connectivity index (χ2n) is 5.19. The fourth-order valence-corrected chi connectivity index (χ4v) is 3.54. The first-order valence-corrected chi connectivity index (χ1v) is 9.13. The highest BCUT2D eigenvalue weighted by Gasteiger charge is 2.14. The molecule has 134 valence electrons. The number of hydrogen-bond donors (Lipinski definition) is 1. The summed E-state index contributed by atoms with van der Waals surface area (Å²) in [5, 5.41) is 4.99. The van der Waals surface area contributed by atoms with Crippen molar-refractivity contribution < 1.29 is 18.7 Å². The zero-order valence-corrected chi connectivity index (χ0v) is 16.3. The van der Waals surface area contributed by atoms with Gasteiger partial charge in [0, 0.05) is 15.4 Å². The molecule has 0 aliphatic carbocycles. The molecule has 1 heterocycles. The number of halogens is 2. The molecule has 0 unspecified atom stereocenters. The standard InChI is InChI=1S/C18H14BrFN2O3S/c1-24-15-6-3-10(7-16(15)25-2)14-9-26-18(21-14)22-17(23)12-5-4-11(20)8-13(12)19/h3-9H,1-2H3,(H,21,22,23). The van der Waals surface area contributed by atoms with Crippen molar-refractivity contribution in [3.8, 4) is 22.8 Å². The van der Waals surface area contributed by atoms with Gasteiger partial charge in [0.2, 0.25) is 0 Å². The fraction of sp³-hybridized carbons (Fsp3) is 0.111. The summed E-state index contributed by atoms with van der Waals surface area (Å²) >= 11 is 4.48. The van der Waals surface area contributed by atoms with Gasteiger partial charge in [-0.2, -0.15) is 0 Å². The fourth-order valence-electron chi connectivity index (χ4n) is 2.30. The molecule has 0 saturated heterocycles. The molecule has 0 aliphatic rings. The SMILES string of the molecule is COc1ccc(-c2csc(NC(=O)c3ccc(F)cc3Br)n2)cc1OC. The summed E-state index contributed by atoms with van der Waals surface area (Å²) < 4.78 is 24.1. The Balaban J connectivity index is 1.81. The monoisotopic (exact) mass is 436 g/mol. The van der Waals surface area contributed by atoms with Gasteiger partial charge in [-0.25, -0.2) is 9.37 Å². The van der Waals surface area contributed by atoms with Crippen LogP contribution in [0.25, 0.3) is 11.3 Å². The Hall–Kier alpha value is -2.45. The number of amides is 1. The Morgan fingerprint density at radius 3 is 2.62 bits per heavy atom. The quantitative estimate of drug-likeness (QED) is 0.612. The van der Waals surface area contributed by atoms with Gasteiger partial charge in [-0.05, 0) is 52.3 Å². The number of methoxy groups -OCH3 is 2. The molecular weight excluding hydrogens is 423 g/mol. The molecule has 0 bridgehead atoms. The molecule has 0 fully saturated rings. The van der Waals surface area contributed by atoms with E-state index >= 15 is 0 Å². The van der Waals surface area contributed by atoms with Crippen LogP contribution in [-0.4, -0.2) is 25.1 Å². The molecule has 1 N–H and O–H groups in total. The van der Waals surface area contributed by atoms with Gasteiger partial charge in [-0.1, -0.05) is 0 Å². The van der Waals surface area contributed by atoms with Gasteiger partial charge in [0.05, 0.1) is 25.5 Å². The van der Waals surface area contributed by atoms with Crippen molar-refractivity contribution in [2.45, 2.75) is 0 Å². The Labute approximate surface area is 161 Å². The minimum atomic E-state index is -0.418. The molecule has 0 atom stereocenters. The molecule has 0 radical (unpaired) electrons. The van der Waals surface area contributed by atoms with E-state index in [-0.39, 0.29) is 5.91 Å². The smallest absolute Gasteiger partial charge is 0.258 e. The number of hydrogen-bond acceptors (Lipinski definition) is 5. The minimum absolute atomic E-state index is 0.328. The van der Waals surface area contributed by atoms with Crippen molar-refractivity contribution in [2.24, 2.45) is 0 Å². The number of carbonyl (C=O) groups is 1. The summed E-state index contributed by atoms with van der Waals surface area (Å²) in [6.45, 7) is 0. The van der Waals surface area contributed by atoms with E-state index in [1.54, 1.807) is 20.3 Å². The number of rotatable bonds is 5. The average molecular weight is 437 g/mol. The number of anilines is 1. The summed E-state index contributed by atoms with van der Waals surface area (Å²) in [4.78, 5) is 16.8. The van der Waals surface area contributed by atoms with Crippen molar-refractivity contribution in [3.63, 3.8) is 0 Å². The van der Waals surface area contributed by atoms with Crippen LogP contribution in [0, 0.1) is 5.82 Å². The second-order valence-corrected chi connectivity index (χ2v) is 6.90. The van der Waals surface area contributed by atoms with E-state index in [1.165, 1.54) is 29.5 Å². The summed E-state index contributed by atoms with van der Waals surface area (Å²) in [5.41, 5.74) is 1.86. The lowest BCUT2D eigenvalue weighted by atomic mass is 10.1. The molecule has 1 aromatic heterocycles. The number of benzene rings is 2.